The lowest BCUT2D eigenvalue weighted by molar-refractivity contribution is -0.141. The summed E-state index contributed by atoms with van der Waals surface area (Å²) in [5.41, 5.74) is 0.754. The number of thioether (sulfide) groups is 2. The summed E-state index contributed by atoms with van der Waals surface area (Å²) in [6, 6.07) is -0.272. The van der Waals surface area contributed by atoms with E-state index in [4.69, 9.17) is 0 Å². The maximum Gasteiger partial charge on any atom is 0.250 e. The highest BCUT2D eigenvalue weighted by Crippen LogP contribution is 2.25. The summed E-state index contributed by atoms with van der Waals surface area (Å²) in [6.45, 7) is 5.52. The standard InChI is InChI=1S/C15H24N2O2S2/c1-3-5-12(2)14(18)17-11-21-10-13(17)15(19)16-6-4-8-20-9-7-16/h5,13H,3-4,6-11H2,1-2H3/b12-5-. The summed E-state index contributed by atoms with van der Waals surface area (Å²) in [6.07, 6.45) is 3.84. The van der Waals surface area contributed by atoms with Crippen LogP contribution in [0.25, 0.3) is 0 Å². The van der Waals surface area contributed by atoms with Crippen molar-refractivity contribution in [2.45, 2.75) is 32.7 Å². The third-order valence-electron chi connectivity index (χ3n) is 3.81. The van der Waals surface area contributed by atoms with Gasteiger partial charge in [-0.1, -0.05) is 13.0 Å². The highest BCUT2D eigenvalue weighted by molar-refractivity contribution is 7.99. The van der Waals surface area contributed by atoms with E-state index in [-0.39, 0.29) is 17.9 Å². The van der Waals surface area contributed by atoms with Gasteiger partial charge in [-0.25, -0.2) is 0 Å². The molecule has 0 aliphatic carbocycles. The highest BCUT2D eigenvalue weighted by atomic mass is 32.2. The van der Waals surface area contributed by atoms with Crippen LogP contribution < -0.4 is 0 Å². The molecule has 4 nitrogen and oxygen atoms in total. The lowest BCUT2D eigenvalue weighted by Gasteiger charge is -2.29. The molecule has 0 radical (unpaired) electrons. The Morgan fingerprint density at radius 1 is 1.24 bits per heavy atom. The van der Waals surface area contributed by atoms with Crippen LogP contribution in [-0.4, -0.2) is 63.9 Å². The quantitative estimate of drug-likeness (QED) is 0.745. The molecule has 0 aromatic heterocycles. The molecule has 6 heteroatoms. The SMILES string of the molecule is CC/C=C(/C)C(=O)N1CSCC1C(=O)N1CCCSCC1. The van der Waals surface area contributed by atoms with Crippen LogP contribution in [0.3, 0.4) is 0 Å². The number of rotatable bonds is 3. The van der Waals surface area contributed by atoms with Gasteiger partial charge >= 0.3 is 0 Å². The molecule has 21 heavy (non-hydrogen) atoms. The summed E-state index contributed by atoms with van der Waals surface area (Å²) < 4.78 is 0. The molecule has 2 rings (SSSR count). The maximum atomic E-state index is 12.7. The maximum absolute atomic E-state index is 12.7. The second kappa shape index (κ2) is 8.13. The van der Waals surface area contributed by atoms with Gasteiger partial charge in [0.15, 0.2) is 0 Å². The van der Waals surface area contributed by atoms with Crippen molar-refractivity contribution >= 4 is 35.3 Å². The van der Waals surface area contributed by atoms with Gasteiger partial charge in [0.25, 0.3) is 5.91 Å². The van der Waals surface area contributed by atoms with Gasteiger partial charge in [0.1, 0.15) is 6.04 Å². The van der Waals surface area contributed by atoms with Crippen molar-refractivity contribution in [3.63, 3.8) is 0 Å². The molecule has 2 fully saturated rings. The summed E-state index contributed by atoms with van der Waals surface area (Å²) in [4.78, 5) is 28.9. The van der Waals surface area contributed by atoms with Gasteiger partial charge in [-0.3, -0.25) is 9.59 Å². The normalized spacial score (nSPS) is 24.1. The zero-order valence-electron chi connectivity index (χ0n) is 12.8. The minimum absolute atomic E-state index is 0.0180. The average Bonchev–Trinajstić information content (AvgIpc) is 2.80. The number of nitrogens with zero attached hydrogens (tertiary/aromatic N) is 2. The van der Waals surface area contributed by atoms with Crippen molar-refractivity contribution in [2.75, 3.05) is 36.2 Å². The molecule has 2 aliphatic heterocycles. The topological polar surface area (TPSA) is 40.6 Å². The molecule has 0 bridgehead atoms. The van der Waals surface area contributed by atoms with Gasteiger partial charge in [-0.05, 0) is 25.5 Å². The van der Waals surface area contributed by atoms with Crippen molar-refractivity contribution in [2.24, 2.45) is 0 Å². The van der Waals surface area contributed by atoms with E-state index in [9.17, 15) is 9.59 Å². The Bertz CT molecular complexity index is 418. The zero-order valence-corrected chi connectivity index (χ0v) is 14.5. The van der Waals surface area contributed by atoms with Crippen LogP contribution >= 0.6 is 23.5 Å². The van der Waals surface area contributed by atoms with Crippen LogP contribution in [0.4, 0.5) is 0 Å². The second-order valence-electron chi connectivity index (χ2n) is 5.38. The number of hydrogen-bond donors (Lipinski definition) is 0. The fourth-order valence-electron chi connectivity index (χ4n) is 2.64. The number of amides is 2. The van der Waals surface area contributed by atoms with Crippen molar-refractivity contribution in [3.05, 3.63) is 11.6 Å². The Morgan fingerprint density at radius 2 is 2.05 bits per heavy atom. The predicted octanol–water partition coefficient (Wildman–Crippen LogP) is 2.21. The molecule has 0 saturated carbocycles. The molecular formula is C15H24N2O2S2. The Kier molecular flexibility index (Phi) is 6.48. The van der Waals surface area contributed by atoms with Crippen LogP contribution in [0.15, 0.2) is 11.6 Å². The molecule has 2 amide bonds. The van der Waals surface area contributed by atoms with Crippen LogP contribution in [0.1, 0.15) is 26.7 Å². The molecule has 0 aromatic rings. The molecule has 2 aliphatic rings. The van der Waals surface area contributed by atoms with Crippen molar-refractivity contribution < 1.29 is 9.59 Å². The second-order valence-corrected chi connectivity index (χ2v) is 7.60. The summed E-state index contributed by atoms with van der Waals surface area (Å²) in [5.74, 6) is 3.66. The minimum atomic E-state index is -0.272. The molecular weight excluding hydrogens is 304 g/mol. The van der Waals surface area contributed by atoms with E-state index < -0.39 is 0 Å². The molecule has 0 N–H and O–H groups in total. The highest BCUT2D eigenvalue weighted by Gasteiger charge is 2.37. The first-order chi connectivity index (χ1) is 10.1. The van der Waals surface area contributed by atoms with Crippen LogP contribution in [0.2, 0.25) is 0 Å². The number of carbonyl (C=O) groups excluding carboxylic acids is 2. The van der Waals surface area contributed by atoms with Gasteiger partial charge in [-0.15, -0.1) is 11.8 Å². The minimum Gasteiger partial charge on any atom is -0.340 e. The van der Waals surface area contributed by atoms with E-state index in [0.29, 0.717) is 5.88 Å². The summed E-state index contributed by atoms with van der Waals surface area (Å²) >= 11 is 3.59. The van der Waals surface area contributed by atoms with Crippen molar-refractivity contribution in [1.82, 2.24) is 9.80 Å². The van der Waals surface area contributed by atoms with Gasteiger partial charge in [-0.2, -0.15) is 11.8 Å². The molecule has 2 heterocycles. The number of allylic oxidation sites excluding steroid dienone is 1. The number of hydrogen-bond acceptors (Lipinski definition) is 4. The Balaban J connectivity index is 2.05. The average molecular weight is 329 g/mol. The first kappa shape index (κ1) is 16.7. The Labute approximate surface area is 135 Å². The smallest absolute Gasteiger partial charge is 0.250 e. The monoisotopic (exact) mass is 328 g/mol. The molecule has 1 unspecified atom stereocenters. The van der Waals surface area contributed by atoms with E-state index in [0.717, 1.165) is 48.8 Å². The lowest BCUT2D eigenvalue weighted by Crippen LogP contribution is -2.49. The van der Waals surface area contributed by atoms with Gasteiger partial charge in [0, 0.05) is 30.2 Å². The van der Waals surface area contributed by atoms with E-state index in [2.05, 4.69) is 0 Å². The largest absolute Gasteiger partial charge is 0.340 e. The summed E-state index contributed by atoms with van der Waals surface area (Å²) in [7, 11) is 0. The first-order valence-electron chi connectivity index (χ1n) is 7.57. The van der Waals surface area contributed by atoms with Crippen molar-refractivity contribution in [3.8, 4) is 0 Å². The molecule has 0 aromatic carbocycles. The van der Waals surface area contributed by atoms with Crippen LogP contribution in [0, 0.1) is 0 Å². The van der Waals surface area contributed by atoms with E-state index in [1.807, 2.05) is 36.6 Å². The number of carbonyl (C=O) groups is 2. The Hall–Kier alpha value is -0.620. The fraction of sp³-hybridized carbons (Fsp3) is 0.733. The van der Waals surface area contributed by atoms with Crippen molar-refractivity contribution in [1.29, 1.82) is 0 Å². The van der Waals surface area contributed by atoms with Gasteiger partial charge in [0.05, 0.1) is 5.88 Å². The van der Waals surface area contributed by atoms with Gasteiger partial charge in [0.2, 0.25) is 5.91 Å². The molecule has 0 spiro atoms. The first-order valence-corrected chi connectivity index (χ1v) is 9.88. The summed E-state index contributed by atoms with van der Waals surface area (Å²) in [5, 5.41) is 0. The third kappa shape index (κ3) is 4.19. The molecule has 1 atom stereocenters. The van der Waals surface area contributed by atoms with Gasteiger partial charge < -0.3 is 9.80 Å². The van der Waals surface area contributed by atoms with Crippen LogP contribution in [0.5, 0.6) is 0 Å². The van der Waals surface area contributed by atoms with E-state index in [1.165, 1.54) is 0 Å². The lowest BCUT2D eigenvalue weighted by atomic mass is 10.1. The van der Waals surface area contributed by atoms with Crippen LogP contribution in [-0.2, 0) is 9.59 Å². The third-order valence-corrected chi connectivity index (χ3v) is 5.87. The fourth-order valence-corrected chi connectivity index (χ4v) is 4.68. The van der Waals surface area contributed by atoms with E-state index >= 15 is 0 Å². The zero-order chi connectivity index (χ0) is 15.2. The molecule has 2 saturated heterocycles. The molecule has 118 valence electrons. The van der Waals surface area contributed by atoms with E-state index in [1.54, 1.807) is 16.7 Å². The predicted molar refractivity (Wildman–Crippen MR) is 90.5 cm³/mol. The Morgan fingerprint density at radius 3 is 2.81 bits per heavy atom.